The molecule has 0 spiro atoms. The Labute approximate surface area is 132 Å². The number of likely N-dealkylation sites (tertiary alicyclic amines) is 1. The summed E-state index contributed by atoms with van der Waals surface area (Å²) in [5.74, 6) is 3.54. The SMILES string of the molecule is CC(C)C1CCCN(C2(CN)CCC(C(C)C)CC2)CC1. The molecular formula is C19H38N2. The second-order valence-corrected chi connectivity index (χ2v) is 8.43. The van der Waals surface area contributed by atoms with Crippen molar-refractivity contribution in [1.29, 1.82) is 0 Å². The zero-order valence-electron chi connectivity index (χ0n) is 14.9. The van der Waals surface area contributed by atoms with Gasteiger partial charge in [0.05, 0.1) is 0 Å². The van der Waals surface area contributed by atoms with Gasteiger partial charge < -0.3 is 5.73 Å². The lowest BCUT2D eigenvalue weighted by atomic mass is 9.72. The molecule has 0 radical (unpaired) electrons. The summed E-state index contributed by atoms with van der Waals surface area (Å²) in [5, 5.41) is 0. The van der Waals surface area contributed by atoms with Gasteiger partial charge in [-0.15, -0.1) is 0 Å². The summed E-state index contributed by atoms with van der Waals surface area (Å²) in [6.07, 6.45) is 9.62. The van der Waals surface area contributed by atoms with Crippen LogP contribution < -0.4 is 5.73 Å². The topological polar surface area (TPSA) is 29.3 Å². The summed E-state index contributed by atoms with van der Waals surface area (Å²) >= 11 is 0. The second kappa shape index (κ2) is 7.46. The average molecular weight is 295 g/mol. The van der Waals surface area contributed by atoms with Crippen molar-refractivity contribution < 1.29 is 0 Å². The van der Waals surface area contributed by atoms with E-state index < -0.39 is 0 Å². The molecule has 1 heterocycles. The Kier molecular flexibility index (Phi) is 6.14. The first-order valence-electron chi connectivity index (χ1n) is 9.43. The highest BCUT2D eigenvalue weighted by Gasteiger charge is 2.40. The molecule has 2 fully saturated rings. The quantitative estimate of drug-likeness (QED) is 0.838. The highest BCUT2D eigenvalue weighted by Crippen LogP contribution is 2.40. The molecule has 1 aliphatic heterocycles. The monoisotopic (exact) mass is 294 g/mol. The molecule has 0 aromatic heterocycles. The van der Waals surface area contributed by atoms with Crippen LogP contribution >= 0.6 is 0 Å². The van der Waals surface area contributed by atoms with Crippen LogP contribution in [0, 0.1) is 23.7 Å². The van der Waals surface area contributed by atoms with E-state index in [-0.39, 0.29) is 0 Å². The molecule has 0 aromatic rings. The summed E-state index contributed by atoms with van der Waals surface area (Å²) in [5.41, 5.74) is 6.63. The molecular weight excluding hydrogens is 256 g/mol. The van der Waals surface area contributed by atoms with Crippen molar-refractivity contribution >= 4 is 0 Å². The fourth-order valence-electron chi connectivity index (χ4n) is 4.76. The lowest BCUT2D eigenvalue weighted by Crippen LogP contribution is -2.56. The molecule has 2 rings (SSSR count). The van der Waals surface area contributed by atoms with E-state index >= 15 is 0 Å². The van der Waals surface area contributed by atoms with Crippen molar-refractivity contribution in [3.8, 4) is 0 Å². The fourth-order valence-corrected chi connectivity index (χ4v) is 4.76. The second-order valence-electron chi connectivity index (χ2n) is 8.43. The number of rotatable bonds is 4. The van der Waals surface area contributed by atoms with E-state index in [1.165, 1.54) is 58.0 Å². The minimum absolute atomic E-state index is 0.331. The predicted octanol–water partition coefficient (Wildman–Crippen LogP) is 4.29. The molecule has 1 atom stereocenters. The zero-order valence-corrected chi connectivity index (χ0v) is 14.9. The average Bonchev–Trinajstić information content (AvgIpc) is 2.73. The van der Waals surface area contributed by atoms with Crippen molar-refractivity contribution in [2.75, 3.05) is 19.6 Å². The van der Waals surface area contributed by atoms with Gasteiger partial charge in [-0.25, -0.2) is 0 Å². The predicted molar refractivity (Wildman–Crippen MR) is 92.3 cm³/mol. The molecule has 1 saturated heterocycles. The molecule has 21 heavy (non-hydrogen) atoms. The van der Waals surface area contributed by atoms with Crippen LogP contribution in [0.15, 0.2) is 0 Å². The minimum atomic E-state index is 0.331. The lowest BCUT2D eigenvalue weighted by Gasteiger charge is -2.48. The van der Waals surface area contributed by atoms with E-state index in [1.807, 2.05) is 0 Å². The highest BCUT2D eigenvalue weighted by molar-refractivity contribution is 4.97. The molecule has 1 saturated carbocycles. The maximum absolute atomic E-state index is 6.29. The third-order valence-corrected chi connectivity index (χ3v) is 6.67. The summed E-state index contributed by atoms with van der Waals surface area (Å²) in [7, 11) is 0. The van der Waals surface area contributed by atoms with Gasteiger partial charge in [0.2, 0.25) is 0 Å². The minimum Gasteiger partial charge on any atom is -0.329 e. The molecule has 1 aliphatic carbocycles. The third-order valence-electron chi connectivity index (χ3n) is 6.67. The van der Waals surface area contributed by atoms with Crippen molar-refractivity contribution in [1.82, 2.24) is 4.90 Å². The van der Waals surface area contributed by atoms with Crippen molar-refractivity contribution in [3.05, 3.63) is 0 Å². The molecule has 1 unspecified atom stereocenters. The lowest BCUT2D eigenvalue weighted by molar-refractivity contribution is 0.0361. The van der Waals surface area contributed by atoms with Gasteiger partial charge in [-0.3, -0.25) is 4.90 Å². The van der Waals surface area contributed by atoms with Crippen molar-refractivity contribution in [2.24, 2.45) is 29.4 Å². The summed E-state index contributed by atoms with van der Waals surface area (Å²) in [6, 6.07) is 0. The van der Waals surface area contributed by atoms with Crippen LogP contribution in [0.1, 0.15) is 72.6 Å². The molecule has 124 valence electrons. The summed E-state index contributed by atoms with van der Waals surface area (Å²) in [4.78, 5) is 2.80. The maximum Gasteiger partial charge on any atom is 0.0331 e. The van der Waals surface area contributed by atoms with Gasteiger partial charge in [0.1, 0.15) is 0 Å². The van der Waals surface area contributed by atoms with E-state index in [4.69, 9.17) is 5.73 Å². The molecule has 2 N–H and O–H groups in total. The Morgan fingerprint density at radius 2 is 1.48 bits per heavy atom. The largest absolute Gasteiger partial charge is 0.329 e. The Morgan fingerprint density at radius 3 is 2.00 bits per heavy atom. The normalized spacial score (nSPS) is 36.1. The van der Waals surface area contributed by atoms with Crippen LogP contribution in [0.5, 0.6) is 0 Å². The number of nitrogens with zero attached hydrogens (tertiary/aromatic N) is 1. The molecule has 2 aliphatic rings. The van der Waals surface area contributed by atoms with E-state index in [2.05, 4.69) is 32.6 Å². The molecule has 2 heteroatoms. The van der Waals surface area contributed by atoms with Gasteiger partial charge in [-0.1, -0.05) is 27.7 Å². The fraction of sp³-hybridized carbons (Fsp3) is 1.00. The van der Waals surface area contributed by atoms with E-state index in [0.29, 0.717) is 5.54 Å². The van der Waals surface area contributed by atoms with E-state index in [0.717, 1.165) is 30.2 Å². The van der Waals surface area contributed by atoms with Crippen LogP contribution in [-0.4, -0.2) is 30.1 Å². The Balaban J connectivity index is 1.98. The van der Waals surface area contributed by atoms with Gasteiger partial charge in [0.15, 0.2) is 0 Å². The van der Waals surface area contributed by atoms with Gasteiger partial charge in [0.25, 0.3) is 0 Å². The smallest absolute Gasteiger partial charge is 0.0331 e. The first-order chi connectivity index (χ1) is 9.98. The number of hydrogen-bond acceptors (Lipinski definition) is 2. The Bertz CT molecular complexity index is 303. The maximum atomic E-state index is 6.29. The first kappa shape index (κ1) is 17.3. The van der Waals surface area contributed by atoms with Gasteiger partial charge in [-0.05, 0) is 81.7 Å². The van der Waals surface area contributed by atoms with E-state index in [9.17, 15) is 0 Å². The first-order valence-corrected chi connectivity index (χ1v) is 9.43. The zero-order chi connectivity index (χ0) is 15.5. The summed E-state index contributed by atoms with van der Waals surface area (Å²) < 4.78 is 0. The molecule has 0 bridgehead atoms. The summed E-state index contributed by atoms with van der Waals surface area (Å²) in [6.45, 7) is 13.0. The van der Waals surface area contributed by atoms with Gasteiger partial charge in [-0.2, -0.15) is 0 Å². The van der Waals surface area contributed by atoms with Gasteiger partial charge >= 0.3 is 0 Å². The molecule has 0 aromatic carbocycles. The standard InChI is InChI=1S/C19H38N2/c1-15(2)17-6-5-12-21(13-9-17)19(14-20)10-7-18(8-11-19)16(3)4/h15-18H,5-14,20H2,1-4H3. The van der Waals surface area contributed by atoms with Crippen LogP contribution in [0.25, 0.3) is 0 Å². The highest BCUT2D eigenvalue weighted by atomic mass is 15.2. The van der Waals surface area contributed by atoms with Gasteiger partial charge in [0, 0.05) is 12.1 Å². The molecule has 2 nitrogen and oxygen atoms in total. The number of hydrogen-bond donors (Lipinski definition) is 1. The third kappa shape index (κ3) is 4.01. The van der Waals surface area contributed by atoms with Crippen LogP contribution in [-0.2, 0) is 0 Å². The van der Waals surface area contributed by atoms with Crippen LogP contribution in [0.2, 0.25) is 0 Å². The van der Waals surface area contributed by atoms with Crippen molar-refractivity contribution in [3.63, 3.8) is 0 Å². The van der Waals surface area contributed by atoms with E-state index in [1.54, 1.807) is 0 Å². The number of nitrogens with two attached hydrogens (primary N) is 1. The van der Waals surface area contributed by atoms with Crippen molar-refractivity contribution in [2.45, 2.75) is 78.2 Å². The molecule has 0 amide bonds. The Hall–Kier alpha value is -0.0800. The Morgan fingerprint density at radius 1 is 0.905 bits per heavy atom. The van der Waals surface area contributed by atoms with Crippen LogP contribution in [0.3, 0.4) is 0 Å². The van der Waals surface area contributed by atoms with Crippen LogP contribution in [0.4, 0.5) is 0 Å².